The van der Waals surface area contributed by atoms with Crippen LogP contribution in [0.4, 0.5) is 4.39 Å². The molecular weight excluding hydrogens is 303 g/mol. The number of piperidine rings is 1. The molecule has 3 fully saturated rings. The summed E-state index contributed by atoms with van der Waals surface area (Å²) in [6.07, 6.45) is 3.40. The van der Waals surface area contributed by atoms with Gasteiger partial charge in [0.15, 0.2) is 0 Å². The van der Waals surface area contributed by atoms with Gasteiger partial charge in [0.2, 0.25) is 0 Å². The molecule has 1 aromatic rings. The van der Waals surface area contributed by atoms with Crippen LogP contribution in [0.2, 0.25) is 5.02 Å². The van der Waals surface area contributed by atoms with Crippen molar-refractivity contribution in [2.24, 2.45) is 5.92 Å². The predicted molar refractivity (Wildman–Crippen MR) is 85.7 cm³/mol. The van der Waals surface area contributed by atoms with Crippen LogP contribution >= 0.6 is 11.6 Å². The van der Waals surface area contributed by atoms with Crippen LogP contribution in [-0.2, 0) is 0 Å². The van der Waals surface area contributed by atoms with Crippen molar-refractivity contribution in [3.8, 4) is 0 Å². The number of nitrogens with zero attached hydrogens (tertiary/aromatic N) is 2. The van der Waals surface area contributed by atoms with Crippen molar-refractivity contribution >= 4 is 17.5 Å². The molecule has 3 heterocycles. The summed E-state index contributed by atoms with van der Waals surface area (Å²) < 4.78 is 14.0. The molecule has 2 bridgehead atoms. The Bertz CT molecular complexity index is 545. The highest BCUT2D eigenvalue weighted by Crippen LogP contribution is 2.30. The number of amides is 1. The van der Waals surface area contributed by atoms with E-state index >= 15 is 0 Å². The average Bonchev–Trinajstić information content (AvgIpc) is 2.79. The van der Waals surface area contributed by atoms with Gasteiger partial charge < -0.3 is 4.90 Å². The molecular formula is C17H22ClFN2O. The summed E-state index contributed by atoms with van der Waals surface area (Å²) in [7, 11) is 0. The van der Waals surface area contributed by atoms with Crippen LogP contribution in [0, 0.1) is 11.7 Å². The third kappa shape index (κ3) is 2.99. The van der Waals surface area contributed by atoms with E-state index in [0.29, 0.717) is 25.0 Å². The van der Waals surface area contributed by atoms with E-state index in [4.69, 9.17) is 11.6 Å². The molecule has 0 aliphatic carbocycles. The quantitative estimate of drug-likeness (QED) is 0.850. The third-order valence-corrected chi connectivity index (χ3v) is 5.12. The van der Waals surface area contributed by atoms with E-state index in [1.807, 2.05) is 4.90 Å². The normalized spacial score (nSPS) is 25.3. The van der Waals surface area contributed by atoms with E-state index in [2.05, 4.69) is 11.8 Å². The zero-order chi connectivity index (χ0) is 15.7. The van der Waals surface area contributed by atoms with Crippen molar-refractivity contribution in [1.82, 2.24) is 9.80 Å². The van der Waals surface area contributed by atoms with Crippen LogP contribution in [0.3, 0.4) is 0 Å². The van der Waals surface area contributed by atoms with E-state index in [9.17, 15) is 9.18 Å². The van der Waals surface area contributed by atoms with Gasteiger partial charge in [0.05, 0.1) is 10.6 Å². The van der Waals surface area contributed by atoms with E-state index in [1.54, 1.807) is 6.07 Å². The molecule has 0 saturated carbocycles. The minimum atomic E-state index is -0.528. The molecule has 3 nitrogen and oxygen atoms in total. The van der Waals surface area contributed by atoms with Gasteiger partial charge in [0.25, 0.3) is 5.91 Å². The fourth-order valence-electron chi connectivity index (χ4n) is 3.77. The van der Waals surface area contributed by atoms with Gasteiger partial charge in [-0.25, -0.2) is 4.39 Å². The van der Waals surface area contributed by atoms with E-state index in [0.717, 1.165) is 32.4 Å². The minimum absolute atomic E-state index is 0.0208. The van der Waals surface area contributed by atoms with Gasteiger partial charge in [-0.05, 0) is 43.9 Å². The molecule has 120 valence electrons. The molecule has 0 radical (unpaired) electrons. The molecule has 3 aliphatic rings. The van der Waals surface area contributed by atoms with E-state index < -0.39 is 5.82 Å². The van der Waals surface area contributed by atoms with Gasteiger partial charge in [-0.2, -0.15) is 0 Å². The Morgan fingerprint density at radius 1 is 1.32 bits per heavy atom. The van der Waals surface area contributed by atoms with Gasteiger partial charge in [0, 0.05) is 25.7 Å². The first-order valence-electron chi connectivity index (χ1n) is 8.07. The summed E-state index contributed by atoms with van der Waals surface area (Å²) in [6, 6.07) is 4.81. The van der Waals surface area contributed by atoms with Gasteiger partial charge >= 0.3 is 0 Å². The SMILES string of the molecule is CCCN1C[C@H]2CC[C@@H]1CN(C(=O)c1c(F)cccc1Cl)C2. The first-order chi connectivity index (χ1) is 10.6. The smallest absolute Gasteiger partial charge is 0.258 e. The van der Waals surface area contributed by atoms with Crippen LogP contribution in [0.5, 0.6) is 0 Å². The Morgan fingerprint density at radius 2 is 2.14 bits per heavy atom. The van der Waals surface area contributed by atoms with Crippen molar-refractivity contribution in [3.05, 3.63) is 34.6 Å². The summed E-state index contributed by atoms with van der Waals surface area (Å²) in [5.74, 6) is -0.308. The first kappa shape index (κ1) is 15.8. The van der Waals surface area contributed by atoms with Crippen LogP contribution in [-0.4, -0.2) is 47.9 Å². The summed E-state index contributed by atoms with van der Waals surface area (Å²) in [6.45, 7) is 5.69. The molecule has 0 spiro atoms. The van der Waals surface area contributed by atoms with E-state index in [1.165, 1.54) is 12.1 Å². The second-order valence-electron chi connectivity index (χ2n) is 6.40. The number of carbonyl (C=O) groups excluding carboxylic acids is 1. The second kappa shape index (κ2) is 6.55. The summed E-state index contributed by atoms with van der Waals surface area (Å²) >= 11 is 6.05. The highest BCUT2D eigenvalue weighted by molar-refractivity contribution is 6.33. The maximum atomic E-state index is 14.0. The maximum absolute atomic E-state index is 14.0. The number of benzene rings is 1. The molecule has 1 aromatic carbocycles. The number of hydrogen-bond donors (Lipinski definition) is 0. The Kier molecular flexibility index (Phi) is 4.69. The summed E-state index contributed by atoms with van der Waals surface area (Å²) in [4.78, 5) is 17.1. The molecule has 1 amide bonds. The highest BCUT2D eigenvalue weighted by Gasteiger charge is 2.37. The first-order valence-corrected chi connectivity index (χ1v) is 8.45. The van der Waals surface area contributed by atoms with Crippen molar-refractivity contribution in [2.75, 3.05) is 26.2 Å². The maximum Gasteiger partial charge on any atom is 0.258 e. The lowest BCUT2D eigenvalue weighted by molar-refractivity contribution is 0.0733. The largest absolute Gasteiger partial charge is 0.337 e. The minimum Gasteiger partial charge on any atom is -0.337 e. The van der Waals surface area contributed by atoms with Crippen molar-refractivity contribution < 1.29 is 9.18 Å². The van der Waals surface area contributed by atoms with Crippen LogP contribution in [0.1, 0.15) is 36.5 Å². The zero-order valence-electron chi connectivity index (χ0n) is 12.9. The number of halogens is 2. The van der Waals surface area contributed by atoms with Gasteiger partial charge in [-0.3, -0.25) is 9.69 Å². The molecule has 2 atom stereocenters. The van der Waals surface area contributed by atoms with Gasteiger partial charge in [-0.15, -0.1) is 0 Å². The van der Waals surface area contributed by atoms with Gasteiger partial charge in [0.1, 0.15) is 5.82 Å². The van der Waals surface area contributed by atoms with Crippen LogP contribution < -0.4 is 0 Å². The Hall–Kier alpha value is -1.13. The number of rotatable bonds is 3. The number of carbonyl (C=O) groups is 1. The predicted octanol–water partition coefficient (Wildman–Crippen LogP) is 3.43. The Morgan fingerprint density at radius 3 is 2.86 bits per heavy atom. The lowest BCUT2D eigenvalue weighted by Gasteiger charge is -2.35. The average molecular weight is 325 g/mol. The summed E-state index contributed by atoms with van der Waals surface area (Å²) in [5.41, 5.74) is 0.0208. The van der Waals surface area contributed by atoms with Crippen molar-refractivity contribution in [3.63, 3.8) is 0 Å². The molecule has 3 saturated heterocycles. The third-order valence-electron chi connectivity index (χ3n) is 4.80. The zero-order valence-corrected chi connectivity index (χ0v) is 13.7. The lowest BCUT2D eigenvalue weighted by Crippen LogP contribution is -2.44. The van der Waals surface area contributed by atoms with Crippen LogP contribution in [0.15, 0.2) is 18.2 Å². The fraction of sp³-hybridized carbons (Fsp3) is 0.588. The molecule has 4 rings (SSSR count). The monoisotopic (exact) mass is 324 g/mol. The molecule has 0 aromatic heterocycles. The molecule has 5 heteroatoms. The molecule has 0 N–H and O–H groups in total. The van der Waals surface area contributed by atoms with Gasteiger partial charge in [-0.1, -0.05) is 24.6 Å². The number of hydrogen-bond acceptors (Lipinski definition) is 2. The standard InChI is InChI=1S/C17H22ClFN2O/c1-2-8-20-9-12-6-7-13(20)11-21(10-12)17(22)16-14(18)4-3-5-15(16)19/h3-5,12-13H,2,6-11H2,1H3/t12-,13-/m1/s1. The van der Waals surface area contributed by atoms with E-state index in [-0.39, 0.29) is 16.5 Å². The van der Waals surface area contributed by atoms with Crippen LogP contribution in [0.25, 0.3) is 0 Å². The Balaban J connectivity index is 1.82. The van der Waals surface area contributed by atoms with Crippen molar-refractivity contribution in [1.29, 1.82) is 0 Å². The molecule has 22 heavy (non-hydrogen) atoms. The molecule has 3 aliphatic heterocycles. The Labute approximate surface area is 136 Å². The topological polar surface area (TPSA) is 23.6 Å². The number of fused-ring (bicyclic) bond motifs is 4. The lowest BCUT2D eigenvalue weighted by atomic mass is 9.95. The molecule has 0 unspecified atom stereocenters. The second-order valence-corrected chi connectivity index (χ2v) is 6.81. The summed E-state index contributed by atoms with van der Waals surface area (Å²) in [5, 5.41) is 0.201. The highest BCUT2D eigenvalue weighted by atomic mass is 35.5. The van der Waals surface area contributed by atoms with Crippen molar-refractivity contribution in [2.45, 2.75) is 32.2 Å². The fourth-order valence-corrected chi connectivity index (χ4v) is 4.01.